The lowest BCUT2D eigenvalue weighted by molar-refractivity contribution is 0.415. The molecule has 2 aromatic rings. The van der Waals surface area contributed by atoms with Gasteiger partial charge in [0.25, 0.3) is 5.56 Å². The van der Waals surface area contributed by atoms with Gasteiger partial charge in [-0.2, -0.15) is 0 Å². The highest BCUT2D eigenvalue weighted by molar-refractivity contribution is 5.71. The highest BCUT2D eigenvalue weighted by atomic mass is 16.5. The fourth-order valence-electron chi connectivity index (χ4n) is 3.01. The van der Waals surface area contributed by atoms with E-state index in [1.807, 2.05) is 71.6 Å². The maximum absolute atomic E-state index is 12.6. The minimum atomic E-state index is -0.212. The van der Waals surface area contributed by atoms with Crippen LogP contribution in [0.15, 0.2) is 83.9 Å². The van der Waals surface area contributed by atoms with Crippen molar-refractivity contribution in [1.82, 2.24) is 9.55 Å². The van der Waals surface area contributed by atoms with Gasteiger partial charge in [-0.25, -0.2) is 4.98 Å². The molecule has 0 N–H and O–H groups in total. The van der Waals surface area contributed by atoms with E-state index in [1.54, 1.807) is 7.11 Å². The molecule has 128 valence electrons. The molecule has 0 bridgehead atoms. The summed E-state index contributed by atoms with van der Waals surface area (Å²) in [5.74, 6) is 0.777. The summed E-state index contributed by atoms with van der Waals surface area (Å²) in [5, 5.41) is 0. The molecule has 0 spiro atoms. The van der Waals surface area contributed by atoms with E-state index in [4.69, 9.17) is 4.74 Å². The van der Waals surface area contributed by atoms with Crippen molar-refractivity contribution in [1.29, 1.82) is 0 Å². The number of aromatic nitrogens is 2. The Morgan fingerprint density at radius 1 is 0.962 bits per heavy atom. The van der Waals surface area contributed by atoms with E-state index >= 15 is 0 Å². The van der Waals surface area contributed by atoms with E-state index in [0.717, 1.165) is 23.4 Å². The van der Waals surface area contributed by atoms with Gasteiger partial charge < -0.3 is 9.30 Å². The van der Waals surface area contributed by atoms with Gasteiger partial charge in [-0.05, 0) is 47.5 Å². The Balaban J connectivity index is 1.71. The van der Waals surface area contributed by atoms with Crippen LogP contribution in [0, 0.1) is 0 Å². The SMILES string of the molecule is COc1ccc(-c2cc3ccn(Cc4ccccc4)cc-3c(=O)n2)cc1. The number of benzene rings is 2. The molecule has 0 radical (unpaired) electrons. The summed E-state index contributed by atoms with van der Waals surface area (Å²) in [6, 6.07) is 21.6. The van der Waals surface area contributed by atoms with Gasteiger partial charge in [0.2, 0.25) is 0 Å². The van der Waals surface area contributed by atoms with Crippen molar-refractivity contribution < 1.29 is 4.74 Å². The number of methoxy groups -OCH3 is 1. The second-order valence-electron chi connectivity index (χ2n) is 6.15. The van der Waals surface area contributed by atoms with Gasteiger partial charge in [0.1, 0.15) is 5.75 Å². The number of fused-ring (bicyclic) bond motifs is 1. The van der Waals surface area contributed by atoms with Crippen LogP contribution in [0.4, 0.5) is 0 Å². The number of pyridine rings is 2. The zero-order valence-corrected chi connectivity index (χ0v) is 14.4. The molecule has 2 aromatic carbocycles. The maximum Gasteiger partial charge on any atom is 0.279 e. The third-order valence-electron chi connectivity index (χ3n) is 4.39. The average Bonchev–Trinajstić information content (AvgIpc) is 2.69. The molecule has 4 rings (SSSR count). The fourth-order valence-corrected chi connectivity index (χ4v) is 3.01. The molecular formula is C22H18N2O2. The first-order valence-corrected chi connectivity index (χ1v) is 8.42. The first-order valence-electron chi connectivity index (χ1n) is 8.42. The summed E-state index contributed by atoms with van der Waals surface area (Å²) in [4.78, 5) is 16.8. The van der Waals surface area contributed by atoms with Crippen LogP contribution in [0.25, 0.3) is 22.4 Å². The average molecular weight is 342 g/mol. The monoisotopic (exact) mass is 342 g/mol. The predicted octanol–water partition coefficient (Wildman–Crippen LogP) is 4.07. The minimum absolute atomic E-state index is 0.212. The molecule has 0 fully saturated rings. The van der Waals surface area contributed by atoms with Gasteiger partial charge in [-0.15, -0.1) is 0 Å². The normalized spacial score (nSPS) is 10.8. The van der Waals surface area contributed by atoms with Crippen molar-refractivity contribution >= 4 is 0 Å². The van der Waals surface area contributed by atoms with Crippen LogP contribution in [0.1, 0.15) is 5.56 Å². The summed E-state index contributed by atoms with van der Waals surface area (Å²) < 4.78 is 7.18. The Morgan fingerprint density at radius 2 is 1.73 bits per heavy atom. The summed E-state index contributed by atoms with van der Waals surface area (Å²) in [7, 11) is 1.63. The van der Waals surface area contributed by atoms with Gasteiger partial charge in [-0.1, -0.05) is 30.3 Å². The van der Waals surface area contributed by atoms with E-state index in [0.29, 0.717) is 11.3 Å². The number of ether oxygens (including phenoxy) is 1. The molecule has 0 saturated carbocycles. The topological polar surface area (TPSA) is 44.1 Å². The number of nitrogens with zero attached hydrogens (tertiary/aromatic N) is 2. The van der Waals surface area contributed by atoms with E-state index in [9.17, 15) is 4.79 Å². The number of rotatable bonds is 4. The first kappa shape index (κ1) is 16.1. The lowest BCUT2D eigenvalue weighted by atomic mass is 10.0. The first-order chi connectivity index (χ1) is 12.7. The molecule has 2 aliphatic rings. The van der Waals surface area contributed by atoms with Crippen LogP contribution in [0.5, 0.6) is 5.75 Å². The molecule has 0 atom stereocenters. The van der Waals surface area contributed by atoms with Crippen LogP contribution in [0.3, 0.4) is 0 Å². The number of hydrogen-bond donors (Lipinski definition) is 0. The quantitative estimate of drug-likeness (QED) is 0.561. The van der Waals surface area contributed by atoms with Crippen LogP contribution in [-0.2, 0) is 6.54 Å². The molecule has 4 nitrogen and oxygen atoms in total. The van der Waals surface area contributed by atoms with E-state index in [2.05, 4.69) is 17.1 Å². The number of hydrogen-bond acceptors (Lipinski definition) is 3. The Kier molecular flexibility index (Phi) is 4.23. The Bertz CT molecular complexity index is 1050. The molecule has 2 aliphatic heterocycles. The van der Waals surface area contributed by atoms with Crippen molar-refractivity contribution in [3.8, 4) is 28.1 Å². The Hall–Kier alpha value is -3.40. The summed E-state index contributed by atoms with van der Waals surface area (Å²) >= 11 is 0. The van der Waals surface area contributed by atoms with Crippen molar-refractivity contribution in [3.63, 3.8) is 0 Å². The van der Waals surface area contributed by atoms with Crippen LogP contribution in [-0.4, -0.2) is 16.7 Å². The molecule has 26 heavy (non-hydrogen) atoms. The van der Waals surface area contributed by atoms with Crippen LogP contribution in [0.2, 0.25) is 0 Å². The maximum atomic E-state index is 12.6. The Morgan fingerprint density at radius 3 is 2.46 bits per heavy atom. The van der Waals surface area contributed by atoms with Crippen molar-refractivity contribution in [2.75, 3.05) is 7.11 Å². The molecule has 0 unspecified atom stereocenters. The van der Waals surface area contributed by atoms with Crippen LogP contribution < -0.4 is 10.3 Å². The van der Waals surface area contributed by atoms with Crippen molar-refractivity contribution in [2.45, 2.75) is 6.54 Å². The summed E-state index contributed by atoms with van der Waals surface area (Å²) in [6.07, 6.45) is 3.86. The third-order valence-corrected chi connectivity index (χ3v) is 4.39. The van der Waals surface area contributed by atoms with Gasteiger partial charge in [0.05, 0.1) is 18.4 Å². The van der Waals surface area contributed by atoms with Gasteiger partial charge in [0, 0.05) is 24.5 Å². The molecule has 0 aliphatic carbocycles. The van der Waals surface area contributed by atoms with Gasteiger partial charge in [0.15, 0.2) is 0 Å². The second kappa shape index (κ2) is 6.84. The van der Waals surface area contributed by atoms with Gasteiger partial charge in [-0.3, -0.25) is 4.79 Å². The molecule has 0 saturated heterocycles. The molecule has 0 aromatic heterocycles. The van der Waals surface area contributed by atoms with Crippen molar-refractivity contribution in [2.24, 2.45) is 0 Å². The highest BCUT2D eigenvalue weighted by Crippen LogP contribution is 2.25. The van der Waals surface area contributed by atoms with E-state index in [1.165, 1.54) is 5.56 Å². The lowest BCUT2D eigenvalue weighted by Gasteiger charge is -2.12. The Labute approximate surface area is 151 Å². The zero-order chi connectivity index (χ0) is 17.9. The van der Waals surface area contributed by atoms with Gasteiger partial charge >= 0.3 is 0 Å². The smallest absolute Gasteiger partial charge is 0.279 e. The highest BCUT2D eigenvalue weighted by Gasteiger charge is 2.12. The molecule has 4 heteroatoms. The standard InChI is InChI=1S/C22H18N2O2/c1-26-19-9-7-17(8-10-19)21-13-18-11-12-24(15-20(18)22(25)23-21)14-16-5-3-2-4-6-16/h2-13,15H,14H2,1H3. The zero-order valence-electron chi connectivity index (χ0n) is 14.4. The largest absolute Gasteiger partial charge is 0.497 e. The third kappa shape index (κ3) is 3.22. The van der Waals surface area contributed by atoms with E-state index < -0.39 is 0 Å². The minimum Gasteiger partial charge on any atom is -0.497 e. The second-order valence-corrected chi connectivity index (χ2v) is 6.15. The fraction of sp³-hybridized carbons (Fsp3) is 0.0909. The van der Waals surface area contributed by atoms with Crippen molar-refractivity contribution in [3.05, 3.63) is 95.0 Å². The predicted molar refractivity (Wildman–Crippen MR) is 103 cm³/mol. The molecular weight excluding hydrogens is 324 g/mol. The summed E-state index contributed by atoms with van der Waals surface area (Å²) in [6.45, 7) is 0.719. The lowest BCUT2D eigenvalue weighted by Crippen LogP contribution is -2.13. The summed E-state index contributed by atoms with van der Waals surface area (Å²) in [5.41, 5.74) is 4.06. The van der Waals surface area contributed by atoms with E-state index in [-0.39, 0.29) is 5.56 Å². The molecule has 2 heterocycles. The van der Waals surface area contributed by atoms with Crippen LogP contribution >= 0.6 is 0 Å². The molecule has 0 amide bonds.